The molecule has 0 aliphatic heterocycles. The summed E-state index contributed by atoms with van der Waals surface area (Å²) in [5.41, 5.74) is 2.38. The average Bonchev–Trinajstić information content (AvgIpc) is 3.10. The highest BCUT2D eigenvalue weighted by Gasteiger charge is 2.10. The number of aryl methyl sites for hydroxylation is 1. The van der Waals surface area contributed by atoms with Crippen LogP contribution in [0.3, 0.4) is 0 Å². The Morgan fingerprint density at radius 2 is 1.92 bits per heavy atom. The van der Waals surface area contributed by atoms with Gasteiger partial charge >= 0.3 is 0 Å². The molecule has 0 radical (unpaired) electrons. The van der Waals surface area contributed by atoms with Gasteiger partial charge in [0.25, 0.3) is 0 Å². The number of rotatable bonds is 7. The number of carbonyl (C=O) groups excluding carboxylic acids is 1. The molecule has 3 aromatic rings. The molecule has 0 aliphatic carbocycles. The van der Waals surface area contributed by atoms with E-state index < -0.39 is 5.82 Å². The third-order valence-corrected chi connectivity index (χ3v) is 5.47. The predicted octanol–water partition coefficient (Wildman–Crippen LogP) is 4.71. The minimum absolute atomic E-state index is 0.133. The quantitative estimate of drug-likeness (QED) is 0.574. The summed E-state index contributed by atoms with van der Waals surface area (Å²) in [5.74, 6) is -0.615. The number of aromatic nitrogens is 2. The molecule has 134 valence electrons. The highest BCUT2D eigenvalue weighted by atomic mass is 32.2. The van der Waals surface area contributed by atoms with E-state index in [1.807, 2.05) is 12.1 Å². The zero-order valence-electron chi connectivity index (χ0n) is 14.0. The molecule has 3 rings (SSSR count). The maximum absolute atomic E-state index is 13.5. The molecule has 0 bridgehead atoms. The van der Waals surface area contributed by atoms with Gasteiger partial charge in [-0.2, -0.15) is 0 Å². The first-order valence-corrected chi connectivity index (χ1v) is 9.81. The van der Waals surface area contributed by atoms with E-state index in [0.29, 0.717) is 9.47 Å². The maximum atomic E-state index is 13.5. The van der Waals surface area contributed by atoms with Crippen molar-refractivity contribution < 1.29 is 9.18 Å². The van der Waals surface area contributed by atoms with Gasteiger partial charge in [0.1, 0.15) is 5.82 Å². The minimum atomic E-state index is -0.456. The van der Waals surface area contributed by atoms with E-state index in [1.54, 1.807) is 12.1 Å². The minimum Gasteiger partial charge on any atom is -0.330 e. The Morgan fingerprint density at radius 3 is 2.65 bits per heavy atom. The average molecular weight is 388 g/mol. The second kappa shape index (κ2) is 8.77. The predicted molar refractivity (Wildman–Crippen MR) is 105 cm³/mol. The molecule has 1 amide bonds. The molecule has 0 aliphatic rings. The molecule has 0 saturated heterocycles. The summed E-state index contributed by atoms with van der Waals surface area (Å²) in [7, 11) is 0. The summed E-state index contributed by atoms with van der Waals surface area (Å²) < 4.78 is 14.2. The van der Waals surface area contributed by atoms with Gasteiger partial charge in [0.15, 0.2) is 4.34 Å². The molecule has 0 unspecified atom stereocenters. The number of para-hydroxylation sites is 1. The molecular formula is C18H17FN4OS2. The van der Waals surface area contributed by atoms with Gasteiger partial charge < -0.3 is 10.6 Å². The zero-order valence-corrected chi connectivity index (χ0v) is 15.7. The summed E-state index contributed by atoms with van der Waals surface area (Å²) >= 11 is 2.63. The van der Waals surface area contributed by atoms with Crippen molar-refractivity contribution in [3.05, 3.63) is 59.9 Å². The molecule has 8 heteroatoms. The lowest BCUT2D eigenvalue weighted by molar-refractivity contribution is -0.113. The van der Waals surface area contributed by atoms with Crippen LogP contribution in [0.2, 0.25) is 0 Å². The maximum Gasteiger partial charge on any atom is 0.234 e. The summed E-state index contributed by atoms with van der Waals surface area (Å²) in [5, 5.41) is 14.5. The van der Waals surface area contributed by atoms with E-state index >= 15 is 0 Å². The van der Waals surface area contributed by atoms with Crippen LogP contribution < -0.4 is 10.6 Å². The van der Waals surface area contributed by atoms with Crippen LogP contribution in [0.1, 0.15) is 12.5 Å². The number of nitrogens with zero attached hydrogens (tertiary/aromatic N) is 2. The molecule has 0 atom stereocenters. The number of carbonyl (C=O) groups is 1. The largest absolute Gasteiger partial charge is 0.330 e. The van der Waals surface area contributed by atoms with Crippen LogP contribution in [0.25, 0.3) is 0 Å². The Labute approximate surface area is 159 Å². The van der Waals surface area contributed by atoms with Crippen LogP contribution in [0.4, 0.5) is 20.9 Å². The van der Waals surface area contributed by atoms with Crippen LogP contribution in [0.15, 0.2) is 52.9 Å². The SMILES string of the molecule is CCc1ccc(Nc2nnc(SCC(=O)Nc3ccccc3F)s2)cc1. The van der Waals surface area contributed by atoms with E-state index in [0.717, 1.165) is 12.1 Å². The number of halogens is 1. The lowest BCUT2D eigenvalue weighted by Gasteiger charge is -2.04. The fourth-order valence-corrected chi connectivity index (χ4v) is 3.71. The standard InChI is InChI=1S/C18H17FN4OS2/c1-2-12-7-9-13(10-8-12)20-17-22-23-18(26-17)25-11-16(24)21-15-6-4-3-5-14(15)19/h3-10H,2,11H2,1H3,(H,20,22)(H,21,24). The van der Waals surface area contributed by atoms with Gasteiger partial charge in [0.05, 0.1) is 11.4 Å². The van der Waals surface area contributed by atoms with Crippen LogP contribution in [-0.4, -0.2) is 21.9 Å². The number of amides is 1. The van der Waals surface area contributed by atoms with E-state index in [9.17, 15) is 9.18 Å². The van der Waals surface area contributed by atoms with Crippen molar-refractivity contribution in [2.75, 3.05) is 16.4 Å². The molecule has 0 fully saturated rings. The third kappa shape index (κ3) is 5.03. The molecule has 2 aromatic carbocycles. The Hall–Kier alpha value is -2.45. The number of hydrogen-bond donors (Lipinski definition) is 2. The van der Waals surface area contributed by atoms with Gasteiger partial charge in [-0.15, -0.1) is 10.2 Å². The fourth-order valence-electron chi connectivity index (χ4n) is 2.14. The lowest BCUT2D eigenvalue weighted by atomic mass is 10.1. The van der Waals surface area contributed by atoms with E-state index in [4.69, 9.17) is 0 Å². The molecule has 5 nitrogen and oxygen atoms in total. The number of benzene rings is 2. The van der Waals surface area contributed by atoms with E-state index in [1.165, 1.54) is 40.8 Å². The second-order valence-electron chi connectivity index (χ2n) is 5.37. The van der Waals surface area contributed by atoms with E-state index in [2.05, 4.69) is 39.9 Å². The number of nitrogens with one attached hydrogen (secondary N) is 2. The van der Waals surface area contributed by atoms with Crippen molar-refractivity contribution in [1.82, 2.24) is 10.2 Å². The van der Waals surface area contributed by atoms with Crippen molar-refractivity contribution >= 4 is 45.5 Å². The monoisotopic (exact) mass is 388 g/mol. The number of thioether (sulfide) groups is 1. The molecule has 1 aromatic heterocycles. The molecule has 1 heterocycles. The first-order valence-electron chi connectivity index (χ1n) is 8.00. The van der Waals surface area contributed by atoms with Gasteiger partial charge in [0, 0.05) is 5.69 Å². The first kappa shape index (κ1) is 18.3. The number of anilines is 3. The molecule has 2 N–H and O–H groups in total. The molecule has 0 spiro atoms. The van der Waals surface area contributed by atoms with Gasteiger partial charge in [0.2, 0.25) is 11.0 Å². The van der Waals surface area contributed by atoms with Crippen LogP contribution in [0, 0.1) is 5.82 Å². The zero-order chi connectivity index (χ0) is 18.4. The Bertz CT molecular complexity index is 883. The summed E-state index contributed by atoms with van der Waals surface area (Å²) in [6.07, 6.45) is 0.995. The normalized spacial score (nSPS) is 10.5. The highest BCUT2D eigenvalue weighted by Crippen LogP contribution is 2.28. The fraction of sp³-hybridized carbons (Fsp3) is 0.167. The topological polar surface area (TPSA) is 66.9 Å². The van der Waals surface area contributed by atoms with E-state index in [-0.39, 0.29) is 17.3 Å². The van der Waals surface area contributed by atoms with Gasteiger partial charge in [-0.05, 0) is 36.2 Å². The molecule has 26 heavy (non-hydrogen) atoms. The van der Waals surface area contributed by atoms with Crippen LogP contribution in [-0.2, 0) is 11.2 Å². The second-order valence-corrected chi connectivity index (χ2v) is 7.57. The highest BCUT2D eigenvalue weighted by molar-refractivity contribution is 8.01. The van der Waals surface area contributed by atoms with Crippen molar-refractivity contribution in [3.8, 4) is 0 Å². The first-order chi connectivity index (χ1) is 12.6. The smallest absolute Gasteiger partial charge is 0.234 e. The Balaban J connectivity index is 1.51. The summed E-state index contributed by atoms with van der Waals surface area (Å²) in [6, 6.07) is 14.2. The molecular weight excluding hydrogens is 371 g/mol. The van der Waals surface area contributed by atoms with Crippen molar-refractivity contribution in [3.63, 3.8) is 0 Å². The number of hydrogen-bond acceptors (Lipinski definition) is 6. The van der Waals surface area contributed by atoms with Crippen molar-refractivity contribution in [2.24, 2.45) is 0 Å². The van der Waals surface area contributed by atoms with Crippen molar-refractivity contribution in [2.45, 2.75) is 17.7 Å². The Morgan fingerprint density at radius 1 is 1.15 bits per heavy atom. The molecule has 0 saturated carbocycles. The lowest BCUT2D eigenvalue weighted by Crippen LogP contribution is -2.14. The summed E-state index contributed by atoms with van der Waals surface area (Å²) in [4.78, 5) is 11.9. The van der Waals surface area contributed by atoms with Crippen LogP contribution >= 0.6 is 23.1 Å². The van der Waals surface area contributed by atoms with Crippen LogP contribution in [0.5, 0.6) is 0 Å². The van der Waals surface area contributed by atoms with Gasteiger partial charge in [-0.3, -0.25) is 4.79 Å². The summed E-state index contributed by atoms with van der Waals surface area (Å²) in [6.45, 7) is 2.11. The van der Waals surface area contributed by atoms with Gasteiger partial charge in [-0.25, -0.2) is 4.39 Å². The van der Waals surface area contributed by atoms with Crippen molar-refractivity contribution in [1.29, 1.82) is 0 Å². The Kier molecular flexibility index (Phi) is 6.19. The van der Waals surface area contributed by atoms with Gasteiger partial charge in [-0.1, -0.05) is 54.3 Å². The third-order valence-electron chi connectivity index (χ3n) is 3.49.